The molecule has 0 saturated heterocycles. The second kappa shape index (κ2) is 5.36. The molecule has 2 rings (SSSR count). The number of amides is 1. The standard InChI is InChI=1S/C15H14BrNO/c1-10-5-3-6-12(9-10)17-15(18)13-7-4-8-14(16)11(13)2/h3-9H,1-2H3,(H,17,18). The number of aryl methyl sites for hydroxylation is 1. The molecule has 18 heavy (non-hydrogen) atoms. The second-order valence-corrected chi connectivity index (χ2v) is 5.09. The zero-order chi connectivity index (χ0) is 13.1. The first-order valence-corrected chi connectivity index (χ1v) is 6.50. The molecule has 0 aliphatic carbocycles. The molecule has 0 atom stereocenters. The lowest BCUT2D eigenvalue weighted by atomic mass is 10.1. The lowest BCUT2D eigenvalue weighted by Crippen LogP contribution is -2.13. The van der Waals surface area contributed by atoms with Crippen molar-refractivity contribution < 1.29 is 4.79 Å². The number of carbonyl (C=O) groups is 1. The molecule has 1 amide bonds. The van der Waals surface area contributed by atoms with Crippen molar-refractivity contribution in [2.45, 2.75) is 13.8 Å². The second-order valence-electron chi connectivity index (χ2n) is 4.24. The van der Waals surface area contributed by atoms with Gasteiger partial charge in [-0.25, -0.2) is 0 Å². The molecule has 0 aliphatic rings. The van der Waals surface area contributed by atoms with Crippen LogP contribution < -0.4 is 5.32 Å². The molecule has 1 N–H and O–H groups in total. The van der Waals surface area contributed by atoms with Gasteiger partial charge in [0.05, 0.1) is 0 Å². The van der Waals surface area contributed by atoms with Crippen LogP contribution in [-0.2, 0) is 0 Å². The van der Waals surface area contributed by atoms with Crippen molar-refractivity contribution in [3.8, 4) is 0 Å². The minimum atomic E-state index is -0.0839. The lowest BCUT2D eigenvalue weighted by Gasteiger charge is -2.09. The van der Waals surface area contributed by atoms with E-state index in [4.69, 9.17) is 0 Å². The number of rotatable bonds is 2. The van der Waals surface area contributed by atoms with E-state index >= 15 is 0 Å². The smallest absolute Gasteiger partial charge is 0.255 e. The van der Waals surface area contributed by atoms with Crippen molar-refractivity contribution in [2.24, 2.45) is 0 Å². The number of benzene rings is 2. The topological polar surface area (TPSA) is 29.1 Å². The Balaban J connectivity index is 2.25. The zero-order valence-corrected chi connectivity index (χ0v) is 11.9. The van der Waals surface area contributed by atoms with E-state index in [1.165, 1.54) is 0 Å². The Morgan fingerprint density at radius 3 is 2.56 bits per heavy atom. The Bertz CT molecular complexity index is 593. The molecule has 0 spiro atoms. The molecular weight excluding hydrogens is 290 g/mol. The summed E-state index contributed by atoms with van der Waals surface area (Å²) in [5.41, 5.74) is 3.58. The van der Waals surface area contributed by atoms with Crippen LogP contribution in [0.4, 0.5) is 5.69 Å². The molecule has 92 valence electrons. The molecule has 0 bridgehead atoms. The van der Waals surface area contributed by atoms with Crippen molar-refractivity contribution in [1.29, 1.82) is 0 Å². The Hall–Kier alpha value is -1.61. The van der Waals surface area contributed by atoms with Crippen molar-refractivity contribution in [3.05, 3.63) is 63.6 Å². The van der Waals surface area contributed by atoms with Gasteiger partial charge in [0.25, 0.3) is 5.91 Å². The molecule has 0 saturated carbocycles. The SMILES string of the molecule is Cc1cccc(NC(=O)c2cccc(Br)c2C)c1. The van der Waals surface area contributed by atoms with E-state index in [1.54, 1.807) is 0 Å². The third-order valence-electron chi connectivity index (χ3n) is 2.79. The Kier molecular flexibility index (Phi) is 3.82. The summed E-state index contributed by atoms with van der Waals surface area (Å²) in [6.07, 6.45) is 0. The van der Waals surface area contributed by atoms with Gasteiger partial charge < -0.3 is 5.32 Å². The molecule has 0 aliphatic heterocycles. The van der Waals surface area contributed by atoms with Crippen LogP contribution in [0.2, 0.25) is 0 Å². The molecule has 0 radical (unpaired) electrons. The number of nitrogens with one attached hydrogen (secondary N) is 1. The van der Waals surface area contributed by atoms with Crippen molar-refractivity contribution in [1.82, 2.24) is 0 Å². The Morgan fingerprint density at radius 1 is 1.11 bits per heavy atom. The van der Waals surface area contributed by atoms with Crippen LogP contribution in [0.15, 0.2) is 46.9 Å². The fourth-order valence-corrected chi connectivity index (χ4v) is 2.14. The van der Waals surface area contributed by atoms with Crippen LogP contribution in [0.1, 0.15) is 21.5 Å². The third kappa shape index (κ3) is 2.79. The maximum atomic E-state index is 12.2. The van der Waals surface area contributed by atoms with Gasteiger partial charge in [-0.1, -0.05) is 34.1 Å². The summed E-state index contributed by atoms with van der Waals surface area (Å²) in [4.78, 5) is 12.2. The third-order valence-corrected chi connectivity index (χ3v) is 3.65. The highest BCUT2D eigenvalue weighted by Crippen LogP contribution is 2.20. The molecule has 2 aromatic rings. The number of carbonyl (C=O) groups excluding carboxylic acids is 1. The van der Waals surface area contributed by atoms with E-state index in [0.717, 1.165) is 21.3 Å². The maximum absolute atomic E-state index is 12.2. The molecule has 0 fully saturated rings. The molecule has 2 aromatic carbocycles. The van der Waals surface area contributed by atoms with Gasteiger partial charge in [-0.3, -0.25) is 4.79 Å². The van der Waals surface area contributed by atoms with Gasteiger partial charge in [0.15, 0.2) is 0 Å². The average molecular weight is 304 g/mol. The molecule has 0 aromatic heterocycles. The minimum absolute atomic E-state index is 0.0839. The molecule has 0 unspecified atom stereocenters. The van der Waals surface area contributed by atoms with Gasteiger partial charge in [0.1, 0.15) is 0 Å². The Labute approximate surface area is 115 Å². The van der Waals surface area contributed by atoms with Crippen LogP contribution in [0.5, 0.6) is 0 Å². The monoisotopic (exact) mass is 303 g/mol. The highest BCUT2D eigenvalue weighted by atomic mass is 79.9. The van der Waals surface area contributed by atoms with Crippen LogP contribution in [0.25, 0.3) is 0 Å². The fourth-order valence-electron chi connectivity index (χ4n) is 1.77. The summed E-state index contributed by atoms with van der Waals surface area (Å²) in [6, 6.07) is 13.4. The van der Waals surface area contributed by atoms with Gasteiger partial charge in [0, 0.05) is 15.7 Å². The number of hydrogen-bond acceptors (Lipinski definition) is 1. The predicted octanol–water partition coefficient (Wildman–Crippen LogP) is 4.32. The van der Waals surface area contributed by atoms with Crippen molar-refractivity contribution in [2.75, 3.05) is 5.32 Å². The maximum Gasteiger partial charge on any atom is 0.255 e. The molecule has 2 nitrogen and oxygen atoms in total. The first-order chi connectivity index (χ1) is 8.58. The number of anilines is 1. The Morgan fingerprint density at radius 2 is 1.83 bits per heavy atom. The summed E-state index contributed by atoms with van der Waals surface area (Å²) < 4.78 is 0.944. The zero-order valence-electron chi connectivity index (χ0n) is 10.3. The van der Waals surface area contributed by atoms with Crippen LogP contribution in [-0.4, -0.2) is 5.91 Å². The first-order valence-electron chi connectivity index (χ1n) is 5.71. The normalized spacial score (nSPS) is 10.2. The van der Waals surface area contributed by atoms with E-state index in [0.29, 0.717) is 5.56 Å². The van der Waals surface area contributed by atoms with Crippen LogP contribution >= 0.6 is 15.9 Å². The van der Waals surface area contributed by atoms with Crippen molar-refractivity contribution in [3.63, 3.8) is 0 Å². The van der Waals surface area contributed by atoms with Crippen molar-refractivity contribution >= 4 is 27.5 Å². The highest BCUT2D eigenvalue weighted by molar-refractivity contribution is 9.10. The van der Waals surface area contributed by atoms with E-state index < -0.39 is 0 Å². The minimum Gasteiger partial charge on any atom is -0.322 e. The van der Waals surface area contributed by atoms with Gasteiger partial charge in [-0.05, 0) is 49.2 Å². The summed E-state index contributed by atoms with van der Waals surface area (Å²) in [5.74, 6) is -0.0839. The summed E-state index contributed by atoms with van der Waals surface area (Å²) >= 11 is 3.43. The lowest BCUT2D eigenvalue weighted by molar-refractivity contribution is 0.102. The van der Waals surface area contributed by atoms with E-state index in [1.807, 2.05) is 56.3 Å². The quantitative estimate of drug-likeness (QED) is 0.879. The van der Waals surface area contributed by atoms with Gasteiger partial charge in [-0.15, -0.1) is 0 Å². The molecule has 0 heterocycles. The summed E-state index contributed by atoms with van der Waals surface area (Å²) in [7, 11) is 0. The van der Waals surface area contributed by atoms with E-state index in [2.05, 4.69) is 21.2 Å². The van der Waals surface area contributed by atoms with Gasteiger partial charge in [-0.2, -0.15) is 0 Å². The number of halogens is 1. The predicted molar refractivity (Wildman–Crippen MR) is 78.0 cm³/mol. The summed E-state index contributed by atoms with van der Waals surface area (Å²) in [5, 5.41) is 2.91. The van der Waals surface area contributed by atoms with E-state index in [9.17, 15) is 4.79 Å². The molecular formula is C15H14BrNO. The van der Waals surface area contributed by atoms with Crippen LogP contribution in [0.3, 0.4) is 0 Å². The van der Waals surface area contributed by atoms with E-state index in [-0.39, 0.29) is 5.91 Å². The highest BCUT2D eigenvalue weighted by Gasteiger charge is 2.10. The summed E-state index contributed by atoms with van der Waals surface area (Å²) in [6.45, 7) is 3.93. The fraction of sp³-hybridized carbons (Fsp3) is 0.133. The first kappa shape index (κ1) is 12.8. The van der Waals surface area contributed by atoms with Crippen LogP contribution in [0, 0.1) is 13.8 Å². The van der Waals surface area contributed by atoms with Gasteiger partial charge in [0.2, 0.25) is 0 Å². The average Bonchev–Trinajstić information content (AvgIpc) is 2.32. The van der Waals surface area contributed by atoms with Gasteiger partial charge >= 0.3 is 0 Å². The number of hydrogen-bond donors (Lipinski definition) is 1. The molecule has 3 heteroatoms. The largest absolute Gasteiger partial charge is 0.322 e.